The van der Waals surface area contributed by atoms with E-state index in [2.05, 4.69) is 10.0 Å². The second-order valence-electron chi connectivity index (χ2n) is 5.88. The SMILES string of the molecule is CC(C)(C)OC(=O)NCCNS(=O)(=O)c1ccc(C(=O)O)cc1N. The first-order valence-electron chi connectivity index (χ1n) is 7.02. The molecule has 134 valence electrons. The van der Waals surface area contributed by atoms with E-state index < -0.39 is 27.7 Å². The van der Waals surface area contributed by atoms with E-state index in [1.165, 1.54) is 0 Å². The molecule has 1 amide bonds. The maximum absolute atomic E-state index is 12.1. The van der Waals surface area contributed by atoms with Crippen molar-refractivity contribution < 1.29 is 27.9 Å². The van der Waals surface area contributed by atoms with Gasteiger partial charge in [-0.25, -0.2) is 22.7 Å². The molecule has 1 aromatic rings. The number of carbonyl (C=O) groups excluding carboxylic acids is 1. The Hall–Kier alpha value is -2.33. The molecule has 9 nitrogen and oxygen atoms in total. The number of rotatable bonds is 6. The predicted molar refractivity (Wildman–Crippen MR) is 87.2 cm³/mol. The molecule has 10 heteroatoms. The molecule has 5 N–H and O–H groups in total. The Morgan fingerprint density at radius 1 is 1.25 bits per heavy atom. The van der Waals surface area contributed by atoms with Gasteiger partial charge in [-0.05, 0) is 39.0 Å². The Kier molecular flexibility index (Phi) is 6.16. The number of hydrogen-bond donors (Lipinski definition) is 4. The molecular weight excluding hydrogens is 338 g/mol. The lowest BCUT2D eigenvalue weighted by Gasteiger charge is -2.19. The van der Waals surface area contributed by atoms with E-state index in [4.69, 9.17) is 15.6 Å². The summed E-state index contributed by atoms with van der Waals surface area (Å²) in [5.41, 5.74) is 4.65. The molecule has 0 aliphatic rings. The maximum atomic E-state index is 12.1. The van der Waals surface area contributed by atoms with Crippen LogP contribution in [0.2, 0.25) is 0 Å². The van der Waals surface area contributed by atoms with Gasteiger partial charge in [0.1, 0.15) is 10.5 Å². The summed E-state index contributed by atoms with van der Waals surface area (Å²) in [6.07, 6.45) is -0.660. The summed E-state index contributed by atoms with van der Waals surface area (Å²) in [7, 11) is -3.93. The number of hydrogen-bond acceptors (Lipinski definition) is 6. The molecule has 0 aromatic heterocycles. The number of aromatic carboxylic acids is 1. The molecule has 0 bridgehead atoms. The summed E-state index contributed by atoms with van der Waals surface area (Å²) in [5.74, 6) is -1.21. The van der Waals surface area contributed by atoms with Crippen LogP contribution >= 0.6 is 0 Å². The molecule has 0 saturated heterocycles. The van der Waals surface area contributed by atoms with Crippen molar-refractivity contribution in [2.24, 2.45) is 0 Å². The zero-order valence-electron chi connectivity index (χ0n) is 13.6. The van der Waals surface area contributed by atoms with Gasteiger partial charge in [0.2, 0.25) is 10.0 Å². The number of nitrogens with two attached hydrogens (primary N) is 1. The highest BCUT2D eigenvalue weighted by Crippen LogP contribution is 2.19. The largest absolute Gasteiger partial charge is 0.478 e. The van der Waals surface area contributed by atoms with Crippen molar-refractivity contribution in [3.05, 3.63) is 23.8 Å². The highest BCUT2D eigenvalue weighted by molar-refractivity contribution is 7.89. The minimum atomic E-state index is -3.93. The van der Waals surface area contributed by atoms with E-state index in [1.807, 2.05) is 0 Å². The van der Waals surface area contributed by atoms with Gasteiger partial charge >= 0.3 is 12.1 Å². The quantitative estimate of drug-likeness (QED) is 0.433. The Bertz CT molecular complexity index is 725. The third kappa shape index (κ3) is 6.05. The molecule has 1 rings (SSSR count). The van der Waals surface area contributed by atoms with Gasteiger partial charge in [-0.3, -0.25) is 0 Å². The Labute approximate surface area is 140 Å². The summed E-state index contributed by atoms with van der Waals surface area (Å²) >= 11 is 0. The second-order valence-corrected chi connectivity index (χ2v) is 7.62. The number of ether oxygens (including phenoxy) is 1. The monoisotopic (exact) mass is 359 g/mol. The van der Waals surface area contributed by atoms with Crippen molar-refractivity contribution >= 4 is 27.8 Å². The van der Waals surface area contributed by atoms with Crippen LogP contribution in [-0.2, 0) is 14.8 Å². The number of amides is 1. The second kappa shape index (κ2) is 7.49. The van der Waals surface area contributed by atoms with E-state index in [0.717, 1.165) is 18.2 Å². The van der Waals surface area contributed by atoms with Crippen molar-refractivity contribution in [1.82, 2.24) is 10.0 Å². The molecule has 0 aliphatic heterocycles. The van der Waals surface area contributed by atoms with Gasteiger partial charge in [0.15, 0.2) is 0 Å². The fourth-order valence-corrected chi connectivity index (χ4v) is 2.81. The normalized spacial score (nSPS) is 11.8. The molecule has 24 heavy (non-hydrogen) atoms. The zero-order valence-corrected chi connectivity index (χ0v) is 14.4. The van der Waals surface area contributed by atoms with Crippen LogP contribution in [0.3, 0.4) is 0 Å². The van der Waals surface area contributed by atoms with Crippen molar-refractivity contribution in [3.8, 4) is 0 Å². The van der Waals surface area contributed by atoms with Crippen LogP contribution in [-0.4, -0.2) is 44.3 Å². The number of carbonyl (C=O) groups is 2. The molecule has 0 fully saturated rings. The Balaban J connectivity index is 2.62. The van der Waals surface area contributed by atoms with Crippen LogP contribution in [0.15, 0.2) is 23.1 Å². The van der Waals surface area contributed by atoms with E-state index >= 15 is 0 Å². The summed E-state index contributed by atoms with van der Waals surface area (Å²) in [5, 5.41) is 11.2. The smallest absolute Gasteiger partial charge is 0.407 e. The summed E-state index contributed by atoms with van der Waals surface area (Å²) in [6, 6.07) is 3.32. The number of anilines is 1. The molecule has 0 saturated carbocycles. The third-order valence-corrected chi connectivity index (χ3v) is 4.17. The first-order valence-corrected chi connectivity index (χ1v) is 8.50. The zero-order chi connectivity index (χ0) is 18.5. The number of carboxylic acids is 1. The number of benzene rings is 1. The first kappa shape index (κ1) is 19.7. The molecule has 0 unspecified atom stereocenters. The summed E-state index contributed by atoms with van der Waals surface area (Å²) < 4.78 is 31.5. The minimum Gasteiger partial charge on any atom is -0.478 e. The molecule has 0 radical (unpaired) electrons. The average Bonchev–Trinajstić information content (AvgIpc) is 2.41. The standard InChI is InChI=1S/C14H21N3O6S/c1-14(2,3)23-13(20)16-6-7-17-24(21,22)11-5-4-9(12(18)19)8-10(11)15/h4-5,8,17H,6-7,15H2,1-3H3,(H,16,20)(H,18,19). The van der Waals surface area contributed by atoms with E-state index in [1.54, 1.807) is 20.8 Å². The fourth-order valence-electron chi connectivity index (χ4n) is 1.67. The van der Waals surface area contributed by atoms with Gasteiger partial charge in [0.05, 0.1) is 11.3 Å². The van der Waals surface area contributed by atoms with Gasteiger partial charge < -0.3 is 20.9 Å². The molecular formula is C14H21N3O6S. The Morgan fingerprint density at radius 3 is 2.38 bits per heavy atom. The van der Waals surface area contributed by atoms with Crippen molar-refractivity contribution in [2.75, 3.05) is 18.8 Å². The maximum Gasteiger partial charge on any atom is 0.407 e. The van der Waals surface area contributed by atoms with Gasteiger partial charge in [0.25, 0.3) is 0 Å². The van der Waals surface area contributed by atoms with Gasteiger partial charge in [-0.1, -0.05) is 0 Å². The van der Waals surface area contributed by atoms with Crippen LogP contribution in [0, 0.1) is 0 Å². The molecule has 0 atom stereocenters. The summed E-state index contributed by atoms with van der Waals surface area (Å²) in [6.45, 7) is 5.06. The lowest BCUT2D eigenvalue weighted by molar-refractivity contribution is 0.0528. The number of carboxylic acid groups (broad SMARTS) is 1. The molecule has 0 spiro atoms. The van der Waals surface area contributed by atoms with Crippen LogP contribution in [0.1, 0.15) is 31.1 Å². The van der Waals surface area contributed by atoms with Crippen molar-refractivity contribution in [3.63, 3.8) is 0 Å². The lowest BCUT2D eigenvalue weighted by Crippen LogP contribution is -2.38. The molecule has 0 heterocycles. The van der Waals surface area contributed by atoms with Crippen LogP contribution < -0.4 is 15.8 Å². The van der Waals surface area contributed by atoms with E-state index in [0.29, 0.717) is 0 Å². The van der Waals surface area contributed by atoms with E-state index in [-0.39, 0.29) is 29.2 Å². The van der Waals surface area contributed by atoms with Gasteiger partial charge in [-0.2, -0.15) is 0 Å². The third-order valence-electron chi connectivity index (χ3n) is 2.63. The first-order chi connectivity index (χ1) is 10.9. The van der Waals surface area contributed by atoms with Gasteiger partial charge in [0, 0.05) is 13.1 Å². The molecule has 0 aliphatic carbocycles. The van der Waals surface area contributed by atoms with Gasteiger partial charge in [-0.15, -0.1) is 0 Å². The average molecular weight is 359 g/mol. The highest BCUT2D eigenvalue weighted by atomic mass is 32.2. The Morgan fingerprint density at radius 2 is 1.88 bits per heavy atom. The lowest BCUT2D eigenvalue weighted by atomic mass is 10.2. The predicted octanol–water partition coefficient (Wildman–Crippen LogP) is 0.770. The fraction of sp³-hybridized carbons (Fsp3) is 0.429. The topological polar surface area (TPSA) is 148 Å². The molecule has 1 aromatic carbocycles. The van der Waals surface area contributed by atoms with E-state index in [9.17, 15) is 18.0 Å². The van der Waals surface area contributed by atoms with Crippen LogP contribution in [0.25, 0.3) is 0 Å². The van der Waals surface area contributed by atoms with Crippen LogP contribution in [0.5, 0.6) is 0 Å². The van der Waals surface area contributed by atoms with Crippen LogP contribution in [0.4, 0.5) is 10.5 Å². The number of nitrogen functional groups attached to an aromatic ring is 1. The summed E-state index contributed by atoms with van der Waals surface area (Å²) in [4.78, 5) is 22.0. The minimum absolute atomic E-state index is 0.0151. The number of alkyl carbamates (subject to hydrolysis) is 1. The van der Waals surface area contributed by atoms with Crippen molar-refractivity contribution in [1.29, 1.82) is 0 Å². The highest BCUT2D eigenvalue weighted by Gasteiger charge is 2.19. The van der Waals surface area contributed by atoms with Crippen molar-refractivity contribution in [2.45, 2.75) is 31.3 Å². The number of nitrogens with one attached hydrogen (secondary N) is 2. The number of sulfonamides is 1.